The molecule has 4 nitrogen and oxygen atoms in total. The van der Waals surface area contributed by atoms with E-state index in [1.54, 1.807) is 0 Å². The van der Waals surface area contributed by atoms with Crippen LogP contribution in [0.5, 0.6) is 0 Å². The molecule has 2 atom stereocenters. The zero-order valence-electron chi connectivity index (χ0n) is 15.1. The van der Waals surface area contributed by atoms with Crippen molar-refractivity contribution in [2.75, 3.05) is 38.0 Å². The molecule has 24 heavy (non-hydrogen) atoms. The molecule has 0 aromatic heterocycles. The highest BCUT2D eigenvalue weighted by molar-refractivity contribution is 5.89. The molecule has 2 saturated heterocycles. The van der Waals surface area contributed by atoms with E-state index in [9.17, 15) is 4.79 Å². The van der Waals surface area contributed by atoms with Gasteiger partial charge in [-0.25, -0.2) is 4.79 Å². The number of urea groups is 1. The maximum absolute atomic E-state index is 12.4. The van der Waals surface area contributed by atoms with Gasteiger partial charge in [-0.1, -0.05) is 32.0 Å². The fraction of sp³-hybridized carbons (Fsp3) is 0.650. The summed E-state index contributed by atoms with van der Waals surface area (Å²) in [6.07, 6.45) is 3.62. The summed E-state index contributed by atoms with van der Waals surface area (Å²) in [5.41, 5.74) is 0.876. The number of para-hydroxylation sites is 1. The Labute approximate surface area is 146 Å². The van der Waals surface area contributed by atoms with Gasteiger partial charge in [-0.15, -0.1) is 0 Å². The van der Waals surface area contributed by atoms with Crippen LogP contribution >= 0.6 is 0 Å². The first-order valence-electron chi connectivity index (χ1n) is 9.43. The van der Waals surface area contributed by atoms with Crippen molar-refractivity contribution in [2.24, 2.45) is 17.8 Å². The maximum atomic E-state index is 12.4. The van der Waals surface area contributed by atoms with Crippen molar-refractivity contribution < 1.29 is 4.79 Å². The van der Waals surface area contributed by atoms with Gasteiger partial charge in [0.05, 0.1) is 0 Å². The number of anilines is 1. The van der Waals surface area contributed by atoms with Crippen molar-refractivity contribution in [1.29, 1.82) is 0 Å². The highest BCUT2D eigenvalue weighted by atomic mass is 16.2. The topological polar surface area (TPSA) is 35.6 Å². The first-order chi connectivity index (χ1) is 11.6. The first-order valence-corrected chi connectivity index (χ1v) is 9.43. The Morgan fingerprint density at radius 2 is 1.71 bits per heavy atom. The summed E-state index contributed by atoms with van der Waals surface area (Å²) >= 11 is 0. The normalized spacial score (nSPS) is 26.3. The molecule has 2 amide bonds. The van der Waals surface area contributed by atoms with Gasteiger partial charge in [0.15, 0.2) is 0 Å². The molecular weight excluding hydrogens is 298 g/mol. The van der Waals surface area contributed by atoms with Crippen molar-refractivity contribution in [3.05, 3.63) is 30.3 Å². The smallest absolute Gasteiger partial charge is 0.321 e. The van der Waals surface area contributed by atoms with Crippen LogP contribution in [0.15, 0.2) is 30.3 Å². The molecule has 0 aliphatic carbocycles. The zero-order valence-corrected chi connectivity index (χ0v) is 15.1. The minimum Gasteiger partial charge on any atom is -0.325 e. The van der Waals surface area contributed by atoms with Crippen LogP contribution in [0.2, 0.25) is 0 Å². The number of likely N-dealkylation sites (tertiary alicyclic amines) is 2. The van der Waals surface area contributed by atoms with Crippen LogP contribution in [0.25, 0.3) is 0 Å². The number of rotatable bonds is 3. The van der Waals surface area contributed by atoms with Gasteiger partial charge < -0.3 is 15.1 Å². The van der Waals surface area contributed by atoms with Gasteiger partial charge in [0.1, 0.15) is 0 Å². The van der Waals surface area contributed by atoms with E-state index in [1.165, 1.54) is 26.1 Å². The molecule has 2 aliphatic rings. The Morgan fingerprint density at radius 1 is 1.08 bits per heavy atom. The summed E-state index contributed by atoms with van der Waals surface area (Å²) in [6, 6.07) is 9.76. The second-order valence-corrected chi connectivity index (χ2v) is 7.89. The van der Waals surface area contributed by atoms with Crippen LogP contribution in [0.3, 0.4) is 0 Å². The lowest BCUT2D eigenvalue weighted by Gasteiger charge is -2.39. The molecule has 3 rings (SSSR count). The van der Waals surface area contributed by atoms with Crippen molar-refractivity contribution in [3.63, 3.8) is 0 Å². The van der Waals surface area contributed by atoms with E-state index < -0.39 is 0 Å². The molecule has 0 saturated carbocycles. The third-order valence-corrected chi connectivity index (χ3v) is 5.39. The Bertz CT molecular complexity index is 515. The van der Waals surface area contributed by atoms with E-state index in [2.05, 4.69) is 24.1 Å². The van der Waals surface area contributed by atoms with E-state index in [4.69, 9.17) is 0 Å². The standard InChI is InChI=1S/C20H31N3O/c1-16-12-17(2)14-22(13-16)15-18-8-10-23(11-9-18)20(24)21-19-6-4-3-5-7-19/h3-7,16-18H,8-15H2,1-2H3,(H,21,24)/t16-,17+. The number of nitrogens with one attached hydrogen (secondary N) is 1. The molecule has 0 unspecified atom stereocenters. The maximum Gasteiger partial charge on any atom is 0.321 e. The highest BCUT2D eigenvalue weighted by Gasteiger charge is 2.27. The molecule has 1 N–H and O–H groups in total. The van der Waals surface area contributed by atoms with Crippen molar-refractivity contribution in [2.45, 2.75) is 33.1 Å². The molecule has 132 valence electrons. The fourth-order valence-corrected chi connectivity index (χ4v) is 4.35. The van der Waals surface area contributed by atoms with E-state index >= 15 is 0 Å². The third-order valence-electron chi connectivity index (χ3n) is 5.39. The van der Waals surface area contributed by atoms with Gasteiger partial charge in [-0.2, -0.15) is 0 Å². The van der Waals surface area contributed by atoms with Gasteiger partial charge in [-0.3, -0.25) is 0 Å². The summed E-state index contributed by atoms with van der Waals surface area (Å²) < 4.78 is 0. The second kappa shape index (κ2) is 8.02. The zero-order chi connectivity index (χ0) is 16.9. The van der Waals surface area contributed by atoms with Crippen LogP contribution in [-0.2, 0) is 0 Å². The first kappa shape index (κ1) is 17.3. The van der Waals surface area contributed by atoms with E-state index in [0.29, 0.717) is 0 Å². The van der Waals surface area contributed by atoms with Gasteiger partial charge in [0.25, 0.3) is 0 Å². The van der Waals surface area contributed by atoms with Gasteiger partial charge in [0, 0.05) is 38.4 Å². The Morgan fingerprint density at radius 3 is 2.33 bits per heavy atom. The molecule has 0 spiro atoms. The third kappa shape index (κ3) is 4.73. The van der Waals surface area contributed by atoms with Crippen LogP contribution < -0.4 is 5.32 Å². The number of hydrogen-bond donors (Lipinski definition) is 1. The molecule has 4 heteroatoms. The van der Waals surface area contributed by atoms with Gasteiger partial charge >= 0.3 is 6.03 Å². The average Bonchev–Trinajstić information content (AvgIpc) is 2.55. The summed E-state index contributed by atoms with van der Waals surface area (Å²) in [5, 5.41) is 3.00. The molecule has 1 aromatic carbocycles. The molecule has 0 bridgehead atoms. The lowest BCUT2D eigenvalue weighted by atomic mass is 9.89. The molecular formula is C20H31N3O. The number of nitrogens with zero attached hydrogens (tertiary/aromatic N) is 2. The number of carbonyl (C=O) groups excluding carboxylic acids is 1. The van der Waals surface area contributed by atoms with Crippen LogP contribution in [0.4, 0.5) is 10.5 Å². The Hall–Kier alpha value is -1.55. The number of hydrogen-bond acceptors (Lipinski definition) is 2. The quantitative estimate of drug-likeness (QED) is 0.912. The predicted octanol–water partition coefficient (Wildman–Crippen LogP) is 3.91. The Kier molecular flexibility index (Phi) is 5.77. The van der Waals surface area contributed by atoms with E-state index in [-0.39, 0.29) is 6.03 Å². The second-order valence-electron chi connectivity index (χ2n) is 7.89. The largest absolute Gasteiger partial charge is 0.325 e. The van der Waals surface area contributed by atoms with Crippen molar-refractivity contribution in [1.82, 2.24) is 9.80 Å². The SMILES string of the molecule is C[C@@H]1C[C@H](C)CN(CC2CCN(C(=O)Nc3ccccc3)CC2)C1. The molecule has 2 heterocycles. The monoisotopic (exact) mass is 329 g/mol. The summed E-state index contributed by atoms with van der Waals surface area (Å²) in [7, 11) is 0. The summed E-state index contributed by atoms with van der Waals surface area (Å²) in [6.45, 7) is 10.2. The lowest BCUT2D eigenvalue weighted by molar-refractivity contribution is 0.101. The van der Waals surface area contributed by atoms with Crippen LogP contribution in [-0.4, -0.2) is 48.6 Å². The number of piperidine rings is 2. The fourth-order valence-electron chi connectivity index (χ4n) is 4.35. The molecule has 2 aliphatic heterocycles. The highest BCUT2D eigenvalue weighted by Crippen LogP contribution is 2.25. The minimum atomic E-state index is 0.0415. The van der Waals surface area contributed by atoms with Crippen LogP contribution in [0, 0.1) is 17.8 Å². The molecule has 2 fully saturated rings. The Balaban J connectivity index is 1.43. The predicted molar refractivity (Wildman–Crippen MR) is 99.1 cm³/mol. The summed E-state index contributed by atoms with van der Waals surface area (Å²) in [4.78, 5) is 17.0. The lowest BCUT2D eigenvalue weighted by Crippen LogP contribution is -2.46. The van der Waals surface area contributed by atoms with Crippen molar-refractivity contribution in [3.8, 4) is 0 Å². The molecule has 1 aromatic rings. The number of benzene rings is 1. The minimum absolute atomic E-state index is 0.0415. The van der Waals surface area contributed by atoms with Gasteiger partial charge in [-0.05, 0) is 49.1 Å². The van der Waals surface area contributed by atoms with Crippen LogP contribution in [0.1, 0.15) is 33.1 Å². The number of carbonyl (C=O) groups is 1. The number of amides is 2. The van der Waals surface area contributed by atoms with Crippen molar-refractivity contribution >= 4 is 11.7 Å². The van der Waals surface area contributed by atoms with E-state index in [0.717, 1.165) is 49.4 Å². The van der Waals surface area contributed by atoms with E-state index in [1.807, 2.05) is 35.2 Å². The summed E-state index contributed by atoms with van der Waals surface area (Å²) in [5.74, 6) is 2.39. The molecule has 0 radical (unpaired) electrons. The average molecular weight is 329 g/mol. The van der Waals surface area contributed by atoms with Gasteiger partial charge in [0.2, 0.25) is 0 Å².